The van der Waals surface area contributed by atoms with E-state index in [1.54, 1.807) is 0 Å². The topological polar surface area (TPSA) is 43.8 Å². The van der Waals surface area contributed by atoms with Crippen LogP contribution < -0.4 is 5.73 Å². The molecule has 18 heavy (non-hydrogen) atoms. The molecule has 0 amide bonds. The second kappa shape index (κ2) is 5.77. The fraction of sp³-hybridized carbons (Fsp3) is 0.800. The van der Waals surface area contributed by atoms with E-state index in [9.17, 15) is 0 Å². The quantitative estimate of drug-likeness (QED) is 0.883. The first kappa shape index (κ1) is 13.4. The first-order valence-corrected chi connectivity index (χ1v) is 7.56. The van der Waals surface area contributed by atoms with Crippen molar-refractivity contribution in [1.82, 2.24) is 9.78 Å². The molecule has 1 aliphatic carbocycles. The van der Waals surface area contributed by atoms with Crippen LogP contribution in [0.5, 0.6) is 0 Å². The van der Waals surface area contributed by atoms with Crippen molar-refractivity contribution in [3.8, 4) is 0 Å². The van der Waals surface area contributed by atoms with Crippen LogP contribution in [0.25, 0.3) is 0 Å². The summed E-state index contributed by atoms with van der Waals surface area (Å²) < 4.78 is 2.25. The SMILES string of the molecule is CCc1nn(C2CCC(CC)CC2)c(CC)c1N. The standard InChI is InChI=1S/C15H27N3/c1-4-11-7-9-12(10-8-11)18-14(6-3)15(16)13(5-2)17-18/h11-12H,4-10,16H2,1-3H3. The molecule has 2 rings (SSSR count). The summed E-state index contributed by atoms with van der Waals surface area (Å²) in [6, 6.07) is 0.588. The van der Waals surface area contributed by atoms with Crippen LogP contribution in [0, 0.1) is 5.92 Å². The normalized spacial score (nSPS) is 24.4. The highest BCUT2D eigenvalue weighted by Crippen LogP contribution is 2.35. The molecule has 1 fully saturated rings. The molecule has 0 saturated heterocycles. The van der Waals surface area contributed by atoms with E-state index in [0.29, 0.717) is 6.04 Å². The lowest BCUT2D eigenvalue weighted by Gasteiger charge is -2.29. The monoisotopic (exact) mass is 249 g/mol. The molecular weight excluding hydrogens is 222 g/mol. The lowest BCUT2D eigenvalue weighted by atomic mass is 9.84. The summed E-state index contributed by atoms with van der Waals surface area (Å²) in [5, 5.41) is 4.77. The van der Waals surface area contributed by atoms with Crippen molar-refractivity contribution in [3.05, 3.63) is 11.4 Å². The van der Waals surface area contributed by atoms with Crippen molar-refractivity contribution in [3.63, 3.8) is 0 Å². The Balaban J connectivity index is 2.18. The summed E-state index contributed by atoms with van der Waals surface area (Å²) in [5.41, 5.74) is 9.49. The maximum atomic E-state index is 6.20. The van der Waals surface area contributed by atoms with E-state index in [1.165, 1.54) is 37.8 Å². The molecule has 0 radical (unpaired) electrons. The van der Waals surface area contributed by atoms with Crippen molar-refractivity contribution in [2.45, 2.75) is 71.8 Å². The van der Waals surface area contributed by atoms with E-state index in [0.717, 1.165) is 30.1 Å². The van der Waals surface area contributed by atoms with Gasteiger partial charge in [-0.1, -0.05) is 27.2 Å². The molecule has 0 bridgehead atoms. The van der Waals surface area contributed by atoms with Crippen LogP contribution in [-0.4, -0.2) is 9.78 Å². The van der Waals surface area contributed by atoms with Crippen LogP contribution in [0.2, 0.25) is 0 Å². The largest absolute Gasteiger partial charge is 0.396 e. The Hall–Kier alpha value is -0.990. The van der Waals surface area contributed by atoms with Crippen molar-refractivity contribution in [2.24, 2.45) is 5.92 Å². The van der Waals surface area contributed by atoms with Crippen LogP contribution in [0.1, 0.15) is 70.3 Å². The van der Waals surface area contributed by atoms with E-state index >= 15 is 0 Å². The Labute approximate surface area is 111 Å². The third kappa shape index (κ3) is 2.40. The van der Waals surface area contributed by atoms with Gasteiger partial charge in [0.2, 0.25) is 0 Å². The fourth-order valence-electron chi connectivity index (χ4n) is 3.25. The Bertz CT molecular complexity index is 387. The second-order valence-electron chi connectivity index (χ2n) is 5.54. The van der Waals surface area contributed by atoms with Gasteiger partial charge in [0.15, 0.2) is 0 Å². The molecule has 0 spiro atoms. The number of hydrogen-bond donors (Lipinski definition) is 1. The fourth-order valence-corrected chi connectivity index (χ4v) is 3.25. The summed E-state index contributed by atoms with van der Waals surface area (Å²) in [6.45, 7) is 6.63. The molecule has 0 aliphatic heterocycles. The summed E-state index contributed by atoms with van der Waals surface area (Å²) in [6.07, 6.45) is 8.51. The highest BCUT2D eigenvalue weighted by atomic mass is 15.3. The van der Waals surface area contributed by atoms with Gasteiger partial charge in [-0.3, -0.25) is 4.68 Å². The van der Waals surface area contributed by atoms with Gasteiger partial charge in [-0.15, -0.1) is 0 Å². The zero-order chi connectivity index (χ0) is 13.1. The molecule has 3 nitrogen and oxygen atoms in total. The van der Waals surface area contributed by atoms with E-state index in [2.05, 4.69) is 25.5 Å². The highest BCUT2D eigenvalue weighted by Gasteiger charge is 2.25. The molecule has 1 heterocycles. The van der Waals surface area contributed by atoms with Crippen molar-refractivity contribution in [1.29, 1.82) is 0 Å². The first-order chi connectivity index (χ1) is 8.71. The third-order valence-corrected chi connectivity index (χ3v) is 4.54. The van der Waals surface area contributed by atoms with Crippen LogP contribution in [0.15, 0.2) is 0 Å². The molecule has 1 aromatic heterocycles. The number of nitrogens with zero attached hydrogens (tertiary/aromatic N) is 2. The average molecular weight is 249 g/mol. The predicted molar refractivity (Wildman–Crippen MR) is 76.7 cm³/mol. The number of rotatable bonds is 4. The maximum absolute atomic E-state index is 6.20. The molecule has 1 aromatic rings. The number of aromatic nitrogens is 2. The molecule has 1 aliphatic rings. The minimum Gasteiger partial charge on any atom is -0.396 e. The summed E-state index contributed by atoms with van der Waals surface area (Å²) >= 11 is 0. The Morgan fingerprint density at radius 1 is 1.11 bits per heavy atom. The van der Waals surface area contributed by atoms with Crippen molar-refractivity contribution >= 4 is 5.69 Å². The number of hydrogen-bond acceptors (Lipinski definition) is 2. The number of nitrogen functional groups attached to an aromatic ring is 1. The molecule has 1 saturated carbocycles. The number of anilines is 1. The number of aryl methyl sites for hydroxylation is 1. The van der Waals surface area contributed by atoms with Crippen LogP contribution in [-0.2, 0) is 12.8 Å². The van der Waals surface area contributed by atoms with Crippen LogP contribution >= 0.6 is 0 Å². The zero-order valence-corrected chi connectivity index (χ0v) is 12.1. The van der Waals surface area contributed by atoms with Gasteiger partial charge in [0.25, 0.3) is 0 Å². The summed E-state index contributed by atoms with van der Waals surface area (Å²) in [4.78, 5) is 0. The average Bonchev–Trinajstić information content (AvgIpc) is 2.75. The molecule has 102 valence electrons. The van der Waals surface area contributed by atoms with Gasteiger partial charge < -0.3 is 5.73 Å². The van der Waals surface area contributed by atoms with Gasteiger partial charge in [-0.05, 0) is 44.4 Å². The summed E-state index contributed by atoms with van der Waals surface area (Å²) in [7, 11) is 0. The number of nitrogens with two attached hydrogens (primary N) is 1. The minimum absolute atomic E-state index is 0.588. The van der Waals surface area contributed by atoms with Crippen molar-refractivity contribution in [2.75, 3.05) is 5.73 Å². The predicted octanol–water partition coefficient (Wildman–Crippen LogP) is 3.73. The van der Waals surface area contributed by atoms with Gasteiger partial charge in [0, 0.05) is 0 Å². The highest BCUT2D eigenvalue weighted by molar-refractivity contribution is 5.48. The smallest absolute Gasteiger partial charge is 0.0854 e. The van der Waals surface area contributed by atoms with E-state index < -0.39 is 0 Å². The molecule has 2 N–H and O–H groups in total. The minimum atomic E-state index is 0.588. The molecule has 0 atom stereocenters. The van der Waals surface area contributed by atoms with E-state index in [1.807, 2.05) is 0 Å². The van der Waals surface area contributed by atoms with Crippen molar-refractivity contribution < 1.29 is 0 Å². The molecule has 0 aromatic carbocycles. The first-order valence-electron chi connectivity index (χ1n) is 7.56. The van der Waals surface area contributed by atoms with E-state index in [4.69, 9.17) is 10.8 Å². The lowest BCUT2D eigenvalue weighted by molar-refractivity contribution is 0.252. The lowest BCUT2D eigenvalue weighted by Crippen LogP contribution is -2.20. The van der Waals surface area contributed by atoms with Crippen LogP contribution in [0.3, 0.4) is 0 Å². The third-order valence-electron chi connectivity index (χ3n) is 4.54. The van der Waals surface area contributed by atoms with Gasteiger partial charge in [-0.25, -0.2) is 0 Å². The van der Waals surface area contributed by atoms with Gasteiger partial charge >= 0.3 is 0 Å². The molecule has 3 heteroatoms. The van der Waals surface area contributed by atoms with Gasteiger partial charge in [0.05, 0.1) is 23.1 Å². The van der Waals surface area contributed by atoms with Gasteiger partial charge in [0.1, 0.15) is 0 Å². The van der Waals surface area contributed by atoms with Crippen LogP contribution in [0.4, 0.5) is 5.69 Å². The van der Waals surface area contributed by atoms with Gasteiger partial charge in [-0.2, -0.15) is 5.10 Å². The van der Waals surface area contributed by atoms with E-state index in [-0.39, 0.29) is 0 Å². The Kier molecular flexibility index (Phi) is 4.31. The zero-order valence-electron chi connectivity index (χ0n) is 12.1. The Morgan fingerprint density at radius 3 is 2.28 bits per heavy atom. The second-order valence-corrected chi connectivity index (χ2v) is 5.54. The Morgan fingerprint density at radius 2 is 1.78 bits per heavy atom. The maximum Gasteiger partial charge on any atom is 0.0854 e. The molecule has 0 unspecified atom stereocenters. The molecular formula is C15H27N3. The summed E-state index contributed by atoms with van der Waals surface area (Å²) in [5.74, 6) is 0.935.